The Hall–Kier alpha value is -2.63. The molecule has 118 valence electrons. The Labute approximate surface area is 129 Å². The molecule has 0 radical (unpaired) electrons. The number of amides is 1. The van der Waals surface area contributed by atoms with Crippen LogP contribution in [0.5, 0.6) is 17.2 Å². The summed E-state index contributed by atoms with van der Waals surface area (Å²) in [5.74, 6) is 1.64. The van der Waals surface area contributed by atoms with E-state index in [0.29, 0.717) is 29.6 Å². The summed E-state index contributed by atoms with van der Waals surface area (Å²) in [6.45, 7) is 2.13. The van der Waals surface area contributed by atoms with Crippen molar-refractivity contribution in [3.05, 3.63) is 41.3 Å². The van der Waals surface area contributed by atoms with Crippen molar-refractivity contribution in [2.24, 2.45) is 0 Å². The van der Waals surface area contributed by atoms with Gasteiger partial charge in [0.2, 0.25) is 5.75 Å². The molecule has 0 aliphatic rings. The topological polar surface area (TPSA) is 69.9 Å². The highest BCUT2D eigenvalue weighted by atomic mass is 16.5. The number of furan rings is 1. The lowest BCUT2D eigenvalue weighted by molar-refractivity contribution is 0.0922. The molecule has 0 atom stereocenters. The van der Waals surface area contributed by atoms with Crippen molar-refractivity contribution in [2.75, 3.05) is 21.3 Å². The second kappa shape index (κ2) is 6.89. The highest BCUT2D eigenvalue weighted by Gasteiger charge is 2.15. The Bertz CT molecular complexity index is 637. The lowest BCUT2D eigenvalue weighted by Gasteiger charge is -2.14. The van der Waals surface area contributed by atoms with E-state index in [-0.39, 0.29) is 5.91 Å². The third-order valence-corrected chi connectivity index (χ3v) is 3.25. The quantitative estimate of drug-likeness (QED) is 0.888. The second-order valence-corrected chi connectivity index (χ2v) is 4.65. The number of nitrogens with one attached hydrogen (secondary N) is 1. The minimum absolute atomic E-state index is 0.267. The fourth-order valence-corrected chi connectivity index (χ4v) is 2.11. The Morgan fingerprint density at radius 2 is 1.77 bits per heavy atom. The maximum Gasteiger partial charge on any atom is 0.287 e. The number of rotatable bonds is 6. The van der Waals surface area contributed by atoms with Crippen LogP contribution in [0.2, 0.25) is 0 Å². The van der Waals surface area contributed by atoms with Gasteiger partial charge in [0.15, 0.2) is 17.3 Å². The first-order chi connectivity index (χ1) is 10.6. The van der Waals surface area contributed by atoms with Crippen LogP contribution in [0.3, 0.4) is 0 Å². The van der Waals surface area contributed by atoms with Crippen LogP contribution in [-0.2, 0) is 6.54 Å². The molecule has 0 aliphatic heterocycles. The number of carbonyl (C=O) groups excluding carboxylic acids is 1. The molecular formula is C16H19NO5. The smallest absolute Gasteiger partial charge is 0.287 e. The van der Waals surface area contributed by atoms with E-state index < -0.39 is 0 Å². The van der Waals surface area contributed by atoms with Crippen molar-refractivity contribution in [1.82, 2.24) is 5.32 Å². The molecule has 0 spiro atoms. The van der Waals surface area contributed by atoms with Crippen LogP contribution < -0.4 is 19.5 Å². The molecule has 0 saturated heterocycles. The summed E-state index contributed by atoms with van der Waals surface area (Å²) < 4.78 is 21.0. The molecule has 0 fully saturated rings. The fourth-order valence-electron chi connectivity index (χ4n) is 2.11. The van der Waals surface area contributed by atoms with Crippen molar-refractivity contribution in [1.29, 1.82) is 0 Å². The number of hydrogen-bond acceptors (Lipinski definition) is 5. The maximum atomic E-state index is 12.0. The van der Waals surface area contributed by atoms with Crippen molar-refractivity contribution in [3.8, 4) is 17.2 Å². The fraction of sp³-hybridized carbons (Fsp3) is 0.312. The minimum Gasteiger partial charge on any atom is -0.493 e. The molecule has 2 aromatic rings. The van der Waals surface area contributed by atoms with Crippen molar-refractivity contribution in [2.45, 2.75) is 13.5 Å². The van der Waals surface area contributed by atoms with Gasteiger partial charge in [-0.25, -0.2) is 0 Å². The van der Waals surface area contributed by atoms with Gasteiger partial charge in [-0.05, 0) is 30.7 Å². The molecule has 0 saturated carbocycles. The Morgan fingerprint density at radius 3 is 2.23 bits per heavy atom. The molecule has 2 rings (SSSR count). The van der Waals surface area contributed by atoms with Gasteiger partial charge in [-0.3, -0.25) is 4.79 Å². The predicted molar refractivity (Wildman–Crippen MR) is 80.7 cm³/mol. The van der Waals surface area contributed by atoms with Crippen LogP contribution in [0.25, 0.3) is 0 Å². The molecule has 1 aromatic heterocycles. The van der Waals surface area contributed by atoms with Crippen LogP contribution in [0.1, 0.15) is 21.7 Å². The van der Waals surface area contributed by atoms with Gasteiger partial charge in [-0.1, -0.05) is 0 Å². The SMILES string of the molecule is COc1cc(CNC(=O)c2occc2C)cc(OC)c1OC. The molecule has 6 nitrogen and oxygen atoms in total. The molecule has 22 heavy (non-hydrogen) atoms. The van der Waals surface area contributed by atoms with Gasteiger partial charge in [0.1, 0.15) is 0 Å². The summed E-state index contributed by atoms with van der Waals surface area (Å²) in [4.78, 5) is 12.0. The lowest BCUT2D eigenvalue weighted by atomic mass is 10.1. The summed E-state index contributed by atoms with van der Waals surface area (Å²) in [6, 6.07) is 5.32. The number of carbonyl (C=O) groups is 1. The maximum absolute atomic E-state index is 12.0. The summed E-state index contributed by atoms with van der Waals surface area (Å²) in [5, 5.41) is 2.80. The predicted octanol–water partition coefficient (Wildman–Crippen LogP) is 2.54. The van der Waals surface area contributed by atoms with Gasteiger partial charge in [-0.2, -0.15) is 0 Å². The number of hydrogen-bond donors (Lipinski definition) is 1. The van der Waals surface area contributed by atoms with Gasteiger partial charge in [0.05, 0.1) is 27.6 Å². The lowest BCUT2D eigenvalue weighted by Crippen LogP contribution is -2.23. The number of methoxy groups -OCH3 is 3. The van der Waals surface area contributed by atoms with E-state index in [1.807, 2.05) is 6.92 Å². The van der Waals surface area contributed by atoms with E-state index in [4.69, 9.17) is 18.6 Å². The van der Waals surface area contributed by atoms with E-state index >= 15 is 0 Å². The molecule has 1 aromatic carbocycles. The second-order valence-electron chi connectivity index (χ2n) is 4.65. The van der Waals surface area contributed by atoms with E-state index in [1.165, 1.54) is 6.26 Å². The van der Waals surface area contributed by atoms with Gasteiger partial charge in [0, 0.05) is 12.1 Å². The van der Waals surface area contributed by atoms with E-state index in [9.17, 15) is 4.79 Å². The zero-order valence-electron chi connectivity index (χ0n) is 13.1. The Kier molecular flexibility index (Phi) is 4.93. The van der Waals surface area contributed by atoms with Crippen LogP contribution >= 0.6 is 0 Å². The number of ether oxygens (including phenoxy) is 3. The van der Waals surface area contributed by atoms with E-state index in [0.717, 1.165) is 11.1 Å². The molecular weight excluding hydrogens is 286 g/mol. The highest BCUT2D eigenvalue weighted by molar-refractivity contribution is 5.92. The first-order valence-corrected chi connectivity index (χ1v) is 6.71. The van der Waals surface area contributed by atoms with Crippen LogP contribution in [0.15, 0.2) is 28.9 Å². The number of aryl methyl sites for hydroxylation is 1. The van der Waals surface area contributed by atoms with Crippen molar-refractivity contribution < 1.29 is 23.4 Å². The zero-order valence-corrected chi connectivity index (χ0v) is 13.1. The van der Waals surface area contributed by atoms with Gasteiger partial charge in [-0.15, -0.1) is 0 Å². The first-order valence-electron chi connectivity index (χ1n) is 6.71. The highest BCUT2D eigenvalue weighted by Crippen LogP contribution is 2.38. The van der Waals surface area contributed by atoms with Crippen molar-refractivity contribution in [3.63, 3.8) is 0 Å². The first kappa shape index (κ1) is 15.8. The molecule has 0 bridgehead atoms. The molecule has 1 amide bonds. The molecule has 0 aliphatic carbocycles. The zero-order chi connectivity index (χ0) is 16.1. The van der Waals surface area contributed by atoms with Gasteiger partial charge < -0.3 is 23.9 Å². The largest absolute Gasteiger partial charge is 0.493 e. The Balaban J connectivity index is 2.16. The van der Waals surface area contributed by atoms with Gasteiger partial charge in [0.25, 0.3) is 5.91 Å². The summed E-state index contributed by atoms with van der Waals surface area (Å²) >= 11 is 0. The molecule has 6 heteroatoms. The average Bonchev–Trinajstić information content (AvgIpc) is 2.97. The normalized spacial score (nSPS) is 10.2. The summed E-state index contributed by atoms with van der Waals surface area (Å²) in [5.41, 5.74) is 1.62. The summed E-state index contributed by atoms with van der Waals surface area (Å²) in [6.07, 6.45) is 1.49. The standard InChI is InChI=1S/C16H19NO5/c1-10-5-6-22-14(10)16(18)17-9-11-7-12(19-2)15(21-4)13(8-11)20-3/h5-8H,9H2,1-4H3,(H,17,18). The third-order valence-electron chi connectivity index (χ3n) is 3.25. The molecule has 1 N–H and O–H groups in total. The molecule has 1 heterocycles. The van der Waals surface area contributed by atoms with Crippen molar-refractivity contribution >= 4 is 5.91 Å². The monoisotopic (exact) mass is 305 g/mol. The van der Waals surface area contributed by atoms with E-state index in [1.54, 1.807) is 39.5 Å². The minimum atomic E-state index is -0.267. The Morgan fingerprint density at radius 1 is 1.14 bits per heavy atom. The van der Waals surface area contributed by atoms with Crippen LogP contribution in [0, 0.1) is 6.92 Å². The van der Waals surface area contributed by atoms with E-state index in [2.05, 4.69) is 5.32 Å². The summed E-state index contributed by atoms with van der Waals surface area (Å²) in [7, 11) is 4.64. The van der Waals surface area contributed by atoms with Gasteiger partial charge >= 0.3 is 0 Å². The van der Waals surface area contributed by atoms with Crippen LogP contribution in [-0.4, -0.2) is 27.2 Å². The molecule has 0 unspecified atom stereocenters. The average molecular weight is 305 g/mol. The number of benzene rings is 1. The van der Waals surface area contributed by atoms with Crippen LogP contribution in [0.4, 0.5) is 0 Å². The third kappa shape index (κ3) is 3.16.